The molecule has 1 aliphatic rings. The lowest BCUT2D eigenvalue weighted by molar-refractivity contribution is 0.0638. The number of amides is 1. The monoisotopic (exact) mass is 404 g/mol. The SMILES string of the molecule is O=C(Nc1cccc(OCC(O)CN2CCc3ccccc3C2)c1)c1cnccn1. The molecule has 4 rings (SSSR count). The van der Waals surface area contributed by atoms with Gasteiger partial charge < -0.3 is 15.2 Å². The zero-order valence-corrected chi connectivity index (χ0v) is 16.6. The molecule has 0 saturated carbocycles. The van der Waals surface area contributed by atoms with Gasteiger partial charge in [0.2, 0.25) is 0 Å². The molecule has 0 bridgehead atoms. The van der Waals surface area contributed by atoms with Gasteiger partial charge in [0.25, 0.3) is 5.91 Å². The van der Waals surface area contributed by atoms with E-state index in [1.165, 1.54) is 29.7 Å². The Morgan fingerprint density at radius 3 is 2.87 bits per heavy atom. The molecule has 1 unspecified atom stereocenters. The van der Waals surface area contributed by atoms with Gasteiger partial charge in [0.1, 0.15) is 24.2 Å². The van der Waals surface area contributed by atoms with Gasteiger partial charge in [-0.3, -0.25) is 14.7 Å². The van der Waals surface area contributed by atoms with Gasteiger partial charge in [-0.2, -0.15) is 0 Å². The van der Waals surface area contributed by atoms with Gasteiger partial charge in [0.15, 0.2) is 0 Å². The smallest absolute Gasteiger partial charge is 0.275 e. The molecule has 0 aliphatic carbocycles. The fraction of sp³-hybridized carbons (Fsp3) is 0.261. The van der Waals surface area contributed by atoms with Gasteiger partial charge >= 0.3 is 0 Å². The molecule has 2 N–H and O–H groups in total. The van der Waals surface area contributed by atoms with Crippen molar-refractivity contribution in [2.45, 2.75) is 19.1 Å². The van der Waals surface area contributed by atoms with E-state index >= 15 is 0 Å². The molecule has 1 aliphatic heterocycles. The first-order valence-corrected chi connectivity index (χ1v) is 9.95. The van der Waals surface area contributed by atoms with Crippen LogP contribution in [0.5, 0.6) is 5.75 Å². The highest BCUT2D eigenvalue weighted by atomic mass is 16.5. The zero-order valence-electron chi connectivity index (χ0n) is 16.6. The van der Waals surface area contributed by atoms with Crippen molar-refractivity contribution in [3.63, 3.8) is 0 Å². The Morgan fingerprint density at radius 1 is 1.17 bits per heavy atom. The van der Waals surface area contributed by atoms with Crippen molar-refractivity contribution in [1.82, 2.24) is 14.9 Å². The number of hydrogen-bond acceptors (Lipinski definition) is 6. The Balaban J connectivity index is 1.28. The normalized spacial score (nSPS) is 14.6. The largest absolute Gasteiger partial charge is 0.491 e. The zero-order chi connectivity index (χ0) is 20.8. The van der Waals surface area contributed by atoms with Crippen molar-refractivity contribution in [3.05, 3.63) is 83.9 Å². The molecule has 0 spiro atoms. The third-order valence-electron chi connectivity index (χ3n) is 5.01. The molecule has 0 saturated heterocycles. The van der Waals surface area contributed by atoms with E-state index in [9.17, 15) is 9.90 Å². The number of aliphatic hydroxyl groups excluding tert-OH is 1. The van der Waals surface area contributed by atoms with Crippen LogP contribution < -0.4 is 10.1 Å². The summed E-state index contributed by atoms with van der Waals surface area (Å²) < 4.78 is 5.75. The van der Waals surface area contributed by atoms with Gasteiger partial charge in [0, 0.05) is 43.8 Å². The maximum absolute atomic E-state index is 12.2. The summed E-state index contributed by atoms with van der Waals surface area (Å²) in [7, 11) is 0. The lowest BCUT2D eigenvalue weighted by Crippen LogP contribution is -2.38. The average Bonchev–Trinajstić information content (AvgIpc) is 2.78. The molecule has 3 aromatic rings. The van der Waals surface area contributed by atoms with Crippen LogP contribution in [-0.2, 0) is 13.0 Å². The summed E-state index contributed by atoms with van der Waals surface area (Å²) in [4.78, 5) is 22.3. The van der Waals surface area contributed by atoms with Crippen LogP contribution in [0.3, 0.4) is 0 Å². The van der Waals surface area contributed by atoms with Gasteiger partial charge in [0.05, 0.1) is 6.20 Å². The third kappa shape index (κ3) is 5.20. The molecule has 30 heavy (non-hydrogen) atoms. The fourth-order valence-electron chi connectivity index (χ4n) is 3.53. The number of β-amino-alcohol motifs (C(OH)–C–C–N with tert-alkyl or cyclic N) is 1. The molecule has 7 heteroatoms. The average molecular weight is 404 g/mol. The van der Waals surface area contributed by atoms with E-state index < -0.39 is 6.10 Å². The fourth-order valence-corrected chi connectivity index (χ4v) is 3.53. The molecule has 0 radical (unpaired) electrons. The van der Waals surface area contributed by atoms with Crippen LogP contribution in [-0.4, -0.2) is 51.7 Å². The topological polar surface area (TPSA) is 87.6 Å². The Morgan fingerprint density at radius 2 is 2.03 bits per heavy atom. The number of rotatable bonds is 7. The summed E-state index contributed by atoms with van der Waals surface area (Å²) in [5.41, 5.74) is 3.54. The van der Waals surface area contributed by atoms with Crippen LogP contribution in [0.1, 0.15) is 21.6 Å². The van der Waals surface area contributed by atoms with Crippen LogP contribution in [0.25, 0.3) is 0 Å². The third-order valence-corrected chi connectivity index (χ3v) is 5.01. The minimum atomic E-state index is -0.604. The lowest BCUT2D eigenvalue weighted by atomic mass is 10.00. The highest BCUT2D eigenvalue weighted by molar-refractivity contribution is 6.02. The number of nitrogens with zero attached hydrogens (tertiary/aromatic N) is 3. The van der Waals surface area contributed by atoms with E-state index in [2.05, 4.69) is 44.5 Å². The Bertz CT molecular complexity index is 997. The second kappa shape index (κ2) is 9.47. The van der Waals surface area contributed by atoms with Gasteiger partial charge in [-0.05, 0) is 29.7 Å². The maximum atomic E-state index is 12.2. The molecular formula is C23H24N4O3. The molecule has 2 heterocycles. The van der Waals surface area contributed by atoms with Crippen LogP contribution >= 0.6 is 0 Å². The van der Waals surface area contributed by atoms with E-state index in [-0.39, 0.29) is 18.2 Å². The van der Waals surface area contributed by atoms with Crippen molar-refractivity contribution < 1.29 is 14.6 Å². The minimum Gasteiger partial charge on any atom is -0.491 e. The van der Waals surface area contributed by atoms with Crippen molar-refractivity contribution in [2.75, 3.05) is 25.0 Å². The highest BCUT2D eigenvalue weighted by Gasteiger charge is 2.18. The molecule has 1 atom stereocenters. The molecule has 7 nitrogen and oxygen atoms in total. The number of anilines is 1. The molecule has 0 fully saturated rings. The van der Waals surface area contributed by atoms with E-state index in [0.29, 0.717) is 18.0 Å². The van der Waals surface area contributed by atoms with Gasteiger partial charge in [-0.15, -0.1) is 0 Å². The molecule has 154 valence electrons. The number of aromatic nitrogens is 2. The predicted molar refractivity (Wildman–Crippen MR) is 113 cm³/mol. The number of nitrogens with one attached hydrogen (secondary N) is 1. The van der Waals surface area contributed by atoms with E-state index in [4.69, 9.17) is 4.74 Å². The second-order valence-corrected chi connectivity index (χ2v) is 7.29. The summed E-state index contributed by atoms with van der Waals surface area (Å²) in [6.07, 6.45) is 4.78. The number of fused-ring (bicyclic) bond motifs is 1. The van der Waals surface area contributed by atoms with Crippen LogP contribution in [0, 0.1) is 0 Å². The Hall–Kier alpha value is -3.29. The minimum absolute atomic E-state index is 0.180. The number of carbonyl (C=O) groups is 1. The number of carbonyl (C=O) groups excluding carboxylic acids is 1. The summed E-state index contributed by atoms with van der Waals surface area (Å²) in [5.74, 6) is 0.237. The maximum Gasteiger partial charge on any atom is 0.275 e. The van der Waals surface area contributed by atoms with Crippen molar-refractivity contribution >= 4 is 11.6 Å². The lowest BCUT2D eigenvalue weighted by Gasteiger charge is -2.30. The Kier molecular flexibility index (Phi) is 6.32. The number of aliphatic hydroxyl groups is 1. The van der Waals surface area contributed by atoms with Gasteiger partial charge in [-0.1, -0.05) is 30.3 Å². The van der Waals surface area contributed by atoms with E-state index in [0.717, 1.165) is 19.5 Å². The summed E-state index contributed by atoms with van der Waals surface area (Å²) in [5, 5.41) is 13.2. The predicted octanol–water partition coefficient (Wildman–Crippen LogP) is 2.53. The van der Waals surface area contributed by atoms with Crippen LogP contribution in [0.4, 0.5) is 5.69 Å². The number of hydrogen-bond donors (Lipinski definition) is 2. The van der Waals surface area contributed by atoms with Crippen LogP contribution in [0.2, 0.25) is 0 Å². The van der Waals surface area contributed by atoms with Crippen molar-refractivity contribution in [3.8, 4) is 5.75 Å². The second-order valence-electron chi connectivity index (χ2n) is 7.29. The number of benzene rings is 2. The summed E-state index contributed by atoms with van der Waals surface area (Å²) >= 11 is 0. The van der Waals surface area contributed by atoms with E-state index in [1.807, 2.05) is 0 Å². The molecule has 1 amide bonds. The standard InChI is InChI=1S/C23H24N4O3/c28-20(15-27-11-8-17-4-1-2-5-18(17)14-27)16-30-21-7-3-6-19(12-21)26-23(29)22-13-24-9-10-25-22/h1-7,9-10,12-13,20,28H,8,11,14-16H2,(H,26,29). The van der Waals surface area contributed by atoms with E-state index in [1.54, 1.807) is 24.3 Å². The molecule has 2 aromatic carbocycles. The Labute approximate surface area is 175 Å². The van der Waals surface area contributed by atoms with Crippen molar-refractivity contribution in [1.29, 1.82) is 0 Å². The number of ether oxygens (including phenoxy) is 1. The summed E-state index contributed by atoms with van der Waals surface area (Å²) in [6, 6.07) is 15.5. The quantitative estimate of drug-likeness (QED) is 0.629. The summed E-state index contributed by atoms with van der Waals surface area (Å²) in [6.45, 7) is 2.51. The van der Waals surface area contributed by atoms with Gasteiger partial charge in [-0.25, -0.2) is 4.98 Å². The van der Waals surface area contributed by atoms with Crippen LogP contribution in [0.15, 0.2) is 67.1 Å². The first kappa shape index (κ1) is 20.0. The first-order valence-electron chi connectivity index (χ1n) is 9.95. The molecular weight excluding hydrogens is 380 g/mol. The first-order chi connectivity index (χ1) is 14.7. The van der Waals surface area contributed by atoms with Crippen molar-refractivity contribution in [2.24, 2.45) is 0 Å². The molecule has 1 aromatic heterocycles. The highest BCUT2D eigenvalue weighted by Crippen LogP contribution is 2.20.